The van der Waals surface area contributed by atoms with Crippen LogP contribution in [0.3, 0.4) is 0 Å². The number of rotatable bonds is 7. The zero-order chi connectivity index (χ0) is 20.8. The number of anilines is 1. The smallest absolute Gasteiger partial charge is 0.277 e. The van der Waals surface area contributed by atoms with Crippen molar-refractivity contribution in [3.8, 4) is 23.0 Å². The molecular weight excluding hydrogens is 424 g/mol. The Hall–Kier alpha value is -3.36. The summed E-state index contributed by atoms with van der Waals surface area (Å²) in [5, 5.41) is 11.7. The Morgan fingerprint density at radius 2 is 1.67 bits per heavy atom. The molecule has 2 aromatic carbocycles. The van der Waals surface area contributed by atoms with Crippen LogP contribution >= 0.6 is 23.4 Å². The Morgan fingerprint density at radius 1 is 0.967 bits per heavy atom. The molecule has 0 aliphatic heterocycles. The van der Waals surface area contributed by atoms with Crippen molar-refractivity contribution in [3.63, 3.8) is 0 Å². The van der Waals surface area contributed by atoms with Crippen molar-refractivity contribution in [2.75, 3.05) is 11.1 Å². The number of carbonyl (C=O) groups is 1. The molecule has 4 aromatic rings. The van der Waals surface area contributed by atoms with Crippen LogP contribution in [-0.2, 0) is 4.79 Å². The quantitative estimate of drug-likeness (QED) is 0.391. The first-order valence-electron chi connectivity index (χ1n) is 8.86. The fourth-order valence-corrected chi connectivity index (χ4v) is 3.14. The van der Waals surface area contributed by atoms with Gasteiger partial charge in [0.2, 0.25) is 11.8 Å². The van der Waals surface area contributed by atoms with Crippen molar-refractivity contribution in [3.05, 3.63) is 78.1 Å². The lowest BCUT2D eigenvalue weighted by atomic mass is 10.2. The number of nitrogens with zero attached hydrogens (tertiary/aromatic N) is 3. The first kappa shape index (κ1) is 19.9. The molecule has 0 bridgehead atoms. The number of amides is 1. The van der Waals surface area contributed by atoms with Crippen LogP contribution in [0.15, 0.2) is 82.7 Å². The van der Waals surface area contributed by atoms with Gasteiger partial charge in [-0.25, -0.2) is 0 Å². The molecule has 4 rings (SSSR count). The largest absolute Gasteiger partial charge is 0.457 e. The fourth-order valence-electron chi connectivity index (χ4n) is 2.45. The summed E-state index contributed by atoms with van der Waals surface area (Å²) in [5.74, 6) is 1.68. The van der Waals surface area contributed by atoms with E-state index in [1.54, 1.807) is 73.1 Å². The van der Waals surface area contributed by atoms with Crippen LogP contribution < -0.4 is 10.1 Å². The van der Waals surface area contributed by atoms with Crippen LogP contribution in [0.4, 0.5) is 5.69 Å². The lowest BCUT2D eigenvalue weighted by Gasteiger charge is -2.07. The predicted octanol–water partition coefficient (Wildman–Crippen LogP) is 5.31. The molecule has 0 spiro atoms. The molecule has 2 heterocycles. The van der Waals surface area contributed by atoms with Crippen LogP contribution in [0.5, 0.6) is 11.5 Å². The monoisotopic (exact) mass is 438 g/mol. The highest BCUT2D eigenvalue weighted by molar-refractivity contribution is 7.99. The topological polar surface area (TPSA) is 90.1 Å². The fraction of sp³-hybridized carbons (Fsp3) is 0.0476. The average molecular weight is 439 g/mol. The van der Waals surface area contributed by atoms with Gasteiger partial charge in [-0.1, -0.05) is 23.4 Å². The van der Waals surface area contributed by atoms with Gasteiger partial charge < -0.3 is 14.5 Å². The van der Waals surface area contributed by atoms with Crippen molar-refractivity contribution >= 4 is 35.0 Å². The molecule has 0 aliphatic carbocycles. The third-order valence-electron chi connectivity index (χ3n) is 3.85. The van der Waals surface area contributed by atoms with Crippen molar-refractivity contribution in [1.82, 2.24) is 15.2 Å². The Bertz CT molecular complexity index is 1120. The SMILES string of the molecule is O=C(CSc1nnc(-c2ccc(Cl)cc2)o1)Nc1ccc(Oc2ccncc2)cc1. The second kappa shape index (κ2) is 9.43. The van der Waals surface area contributed by atoms with Crippen LogP contribution in [0.2, 0.25) is 5.02 Å². The third-order valence-corrected chi connectivity index (χ3v) is 4.92. The highest BCUT2D eigenvalue weighted by atomic mass is 35.5. The van der Waals surface area contributed by atoms with E-state index in [4.69, 9.17) is 20.8 Å². The Balaban J connectivity index is 1.28. The average Bonchev–Trinajstić information content (AvgIpc) is 3.24. The first-order chi connectivity index (χ1) is 14.7. The number of nitrogens with one attached hydrogen (secondary N) is 1. The number of halogens is 1. The van der Waals surface area contributed by atoms with Crippen molar-refractivity contribution in [2.45, 2.75) is 5.22 Å². The highest BCUT2D eigenvalue weighted by Gasteiger charge is 2.11. The van der Waals surface area contributed by atoms with E-state index < -0.39 is 0 Å². The molecule has 0 radical (unpaired) electrons. The van der Waals surface area contributed by atoms with Gasteiger partial charge in [0, 0.05) is 28.7 Å². The first-order valence-corrected chi connectivity index (χ1v) is 10.2. The van der Waals surface area contributed by atoms with Crippen molar-refractivity contribution in [1.29, 1.82) is 0 Å². The van der Waals surface area contributed by atoms with Gasteiger partial charge in [0.1, 0.15) is 11.5 Å². The molecule has 30 heavy (non-hydrogen) atoms. The van der Waals surface area contributed by atoms with E-state index >= 15 is 0 Å². The molecule has 1 N–H and O–H groups in total. The van der Waals surface area contributed by atoms with Crippen molar-refractivity contribution < 1.29 is 13.9 Å². The van der Waals surface area contributed by atoms with E-state index in [1.165, 1.54) is 0 Å². The summed E-state index contributed by atoms with van der Waals surface area (Å²) < 4.78 is 11.3. The van der Waals surface area contributed by atoms with E-state index in [9.17, 15) is 4.79 Å². The normalized spacial score (nSPS) is 10.6. The number of aromatic nitrogens is 3. The lowest BCUT2D eigenvalue weighted by molar-refractivity contribution is -0.113. The summed E-state index contributed by atoms with van der Waals surface area (Å²) in [7, 11) is 0. The summed E-state index contributed by atoms with van der Waals surface area (Å²) in [5.41, 5.74) is 1.42. The number of carbonyl (C=O) groups excluding carboxylic acids is 1. The number of hydrogen-bond acceptors (Lipinski definition) is 7. The van der Waals surface area contributed by atoms with Crippen LogP contribution in [0.25, 0.3) is 11.5 Å². The Morgan fingerprint density at radius 3 is 2.40 bits per heavy atom. The molecule has 0 fully saturated rings. The van der Waals surface area contributed by atoms with Gasteiger partial charge >= 0.3 is 0 Å². The van der Waals surface area contributed by atoms with Gasteiger partial charge in [-0.3, -0.25) is 9.78 Å². The minimum atomic E-state index is -0.186. The predicted molar refractivity (Wildman–Crippen MR) is 115 cm³/mol. The maximum absolute atomic E-state index is 12.2. The highest BCUT2D eigenvalue weighted by Crippen LogP contribution is 2.25. The Labute approximate surface area is 181 Å². The van der Waals surface area contributed by atoms with Gasteiger partial charge in [0.05, 0.1) is 5.75 Å². The summed E-state index contributed by atoms with van der Waals surface area (Å²) in [6.45, 7) is 0. The molecule has 2 aromatic heterocycles. The van der Waals surface area contributed by atoms with E-state index in [0.29, 0.717) is 33.3 Å². The molecule has 0 saturated carbocycles. The number of ether oxygens (including phenoxy) is 1. The van der Waals surface area contributed by atoms with Gasteiger partial charge in [-0.2, -0.15) is 0 Å². The molecule has 0 atom stereocenters. The maximum Gasteiger partial charge on any atom is 0.277 e. The molecule has 150 valence electrons. The van der Waals surface area contributed by atoms with Crippen molar-refractivity contribution in [2.24, 2.45) is 0 Å². The minimum absolute atomic E-state index is 0.136. The summed E-state index contributed by atoms with van der Waals surface area (Å²) in [6, 6.07) is 17.7. The standard InChI is InChI=1S/C21H15ClN4O3S/c22-15-3-1-14(2-4-15)20-25-26-21(29-20)30-13-19(27)24-16-5-7-17(8-6-16)28-18-9-11-23-12-10-18/h1-12H,13H2,(H,24,27). The third kappa shape index (κ3) is 5.37. The molecular formula is C21H15ClN4O3S. The molecule has 0 unspecified atom stereocenters. The molecule has 9 heteroatoms. The van der Waals surface area contributed by atoms with Gasteiger partial charge in [0.25, 0.3) is 5.22 Å². The zero-order valence-corrected chi connectivity index (χ0v) is 17.1. The molecule has 0 aliphatic rings. The van der Waals surface area contributed by atoms with Crippen LogP contribution in [-0.4, -0.2) is 26.8 Å². The second-order valence-corrected chi connectivity index (χ2v) is 7.39. The lowest BCUT2D eigenvalue weighted by Crippen LogP contribution is -2.13. The minimum Gasteiger partial charge on any atom is -0.457 e. The van der Waals surface area contributed by atoms with Gasteiger partial charge in [0.15, 0.2) is 0 Å². The Kier molecular flexibility index (Phi) is 6.26. The van der Waals surface area contributed by atoms with E-state index in [1.807, 2.05) is 0 Å². The van der Waals surface area contributed by atoms with E-state index in [2.05, 4.69) is 20.5 Å². The summed E-state index contributed by atoms with van der Waals surface area (Å²) in [4.78, 5) is 16.1. The van der Waals surface area contributed by atoms with E-state index in [-0.39, 0.29) is 11.7 Å². The number of thioether (sulfide) groups is 1. The van der Waals surface area contributed by atoms with Crippen LogP contribution in [0, 0.1) is 0 Å². The summed E-state index contributed by atoms with van der Waals surface area (Å²) >= 11 is 7.04. The molecule has 7 nitrogen and oxygen atoms in total. The number of benzene rings is 2. The maximum atomic E-state index is 12.2. The number of hydrogen-bond donors (Lipinski definition) is 1. The van der Waals surface area contributed by atoms with E-state index in [0.717, 1.165) is 17.3 Å². The second-order valence-electron chi connectivity index (χ2n) is 6.03. The van der Waals surface area contributed by atoms with Crippen LogP contribution in [0.1, 0.15) is 0 Å². The summed E-state index contributed by atoms with van der Waals surface area (Å²) in [6.07, 6.45) is 3.31. The van der Waals surface area contributed by atoms with Gasteiger partial charge in [-0.15, -0.1) is 10.2 Å². The molecule has 1 amide bonds. The molecule has 0 saturated heterocycles. The van der Waals surface area contributed by atoms with Gasteiger partial charge in [-0.05, 0) is 60.7 Å². The number of pyridine rings is 1. The zero-order valence-electron chi connectivity index (χ0n) is 15.5.